The highest BCUT2D eigenvalue weighted by atomic mass is 19.3. The first-order valence-electron chi connectivity index (χ1n) is 7.14. The van der Waals surface area contributed by atoms with Crippen molar-refractivity contribution < 1.29 is 27.8 Å². The van der Waals surface area contributed by atoms with E-state index in [2.05, 4.69) is 15.3 Å². The van der Waals surface area contributed by atoms with E-state index in [9.17, 15) is 13.6 Å². The number of benzene rings is 2. The van der Waals surface area contributed by atoms with Crippen LogP contribution >= 0.6 is 0 Å². The Labute approximate surface area is 143 Å². The van der Waals surface area contributed by atoms with Gasteiger partial charge in [0.15, 0.2) is 11.5 Å². The molecule has 0 aliphatic rings. The SMILES string of the molecule is COc1ccc(C(=O)N/N=C\c2ccccc2OC(F)F)cc1OC. The number of carbonyl (C=O) groups is 1. The monoisotopic (exact) mass is 350 g/mol. The van der Waals surface area contributed by atoms with Gasteiger partial charge in [0.25, 0.3) is 5.91 Å². The molecule has 2 aromatic carbocycles. The molecular weight excluding hydrogens is 334 g/mol. The highest BCUT2D eigenvalue weighted by Gasteiger charge is 2.10. The van der Waals surface area contributed by atoms with Crippen molar-refractivity contribution in [3.63, 3.8) is 0 Å². The van der Waals surface area contributed by atoms with Gasteiger partial charge < -0.3 is 14.2 Å². The lowest BCUT2D eigenvalue weighted by Gasteiger charge is -2.09. The molecule has 132 valence electrons. The maximum absolute atomic E-state index is 12.3. The first kappa shape index (κ1) is 18.2. The van der Waals surface area contributed by atoms with Crippen LogP contribution in [0, 0.1) is 0 Å². The van der Waals surface area contributed by atoms with Gasteiger partial charge in [0.05, 0.1) is 20.4 Å². The molecule has 0 spiro atoms. The number of hydrogen-bond donors (Lipinski definition) is 1. The van der Waals surface area contributed by atoms with Crippen molar-refractivity contribution in [1.29, 1.82) is 0 Å². The first-order chi connectivity index (χ1) is 12.0. The molecular formula is C17H16F2N2O4. The molecule has 0 aliphatic carbocycles. The minimum Gasteiger partial charge on any atom is -0.493 e. The summed E-state index contributed by atoms with van der Waals surface area (Å²) in [5.41, 5.74) is 2.91. The summed E-state index contributed by atoms with van der Waals surface area (Å²) < 4.78 is 39.3. The quantitative estimate of drug-likeness (QED) is 0.615. The number of alkyl halides is 2. The van der Waals surface area contributed by atoms with Gasteiger partial charge in [-0.2, -0.15) is 13.9 Å². The summed E-state index contributed by atoms with van der Waals surface area (Å²) in [5.74, 6) is 0.349. The van der Waals surface area contributed by atoms with Crippen molar-refractivity contribution in [2.45, 2.75) is 6.61 Å². The molecule has 0 aromatic heterocycles. The Morgan fingerprint density at radius 1 is 1.08 bits per heavy atom. The number of nitrogens with zero attached hydrogens (tertiary/aromatic N) is 1. The van der Waals surface area contributed by atoms with Crippen molar-refractivity contribution in [2.24, 2.45) is 5.10 Å². The summed E-state index contributed by atoms with van der Waals surface area (Å²) in [7, 11) is 2.94. The van der Waals surface area contributed by atoms with Crippen LogP contribution in [0.25, 0.3) is 0 Å². The lowest BCUT2D eigenvalue weighted by atomic mass is 10.2. The second kappa shape index (κ2) is 8.62. The maximum Gasteiger partial charge on any atom is 0.387 e. The summed E-state index contributed by atoms with van der Waals surface area (Å²) in [6, 6.07) is 10.7. The minimum atomic E-state index is -2.95. The fourth-order valence-corrected chi connectivity index (χ4v) is 1.99. The summed E-state index contributed by atoms with van der Waals surface area (Å²) in [5, 5.41) is 3.76. The smallest absolute Gasteiger partial charge is 0.387 e. The van der Waals surface area contributed by atoms with Crippen LogP contribution in [-0.2, 0) is 0 Å². The van der Waals surface area contributed by atoms with Crippen LogP contribution in [0.15, 0.2) is 47.6 Å². The van der Waals surface area contributed by atoms with E-state index in [4.69, 9.17) is 9.47 Å². The highest BCUT2D eigenvalue weighted by Crippen LogP contribution is 2.27. The molecule has 0 bridgehead atoms. The fourth-order valence-electron chi connectivity index (χ4n) is 1.99. The molecule has 8 heteroatoms. The van der Waals surface area contributed by atoms with E-state index in [1.54, 1.807) is 24.3 Å². The van der Waals surface area contributed by atoms with Crippen molar-refractivity contribution in [2.75, 3.05) is 14.2 Å². The van der Waals surface area contributed by atoms with Crippen molar-refractivity contribution >= 4 is 12.1 Å². The zero-order valence-corrected chi connectivity index (χ0v) is 13.5. The number of halogens is 2. The average molecular weight is 350 g/mol. The van der Waals surface area contributed by atoms with Gasteiger partial charge in [-0.3, -0.25) is 4.79 Å². The molecule has 1 amide bonds. The molecule has 1 N–H and O–H groups in total. The first-order valence-corrected chi connectivity index (χ1v) is 7.14. The van der Waals surface area contributed by atoms with Gasteiger partial charge in [0.2, 0.25) is 0 Å². The third-order valence-electron chi connectivity index (χ3n) is 3.15. The second-order valence-electron chi connectivity index (χ2n) is 4.69. The standard InChI is InChI=1S/C17H16F2N2O4/c1-23-14-8-7-11(9-15(14)24-2)16(22)21-20-10-12-5-3-4-6-13(12)25-17(18)19/h3-10,17H,1-2H3,(H,21,22)/b20-10-. The summed E-state index contributed by atoms with van der Waals surface area (Å²) in [6.07, 6.45) is 1.22. The van der Waals surface area contributed by atoms with Crippen molar-refractivity contribution in [1.82, 2.24) is 5.43 Å². The number of para-hydroxylation sites is 1. The second-order valence-corrected chi connectivity index (χ2v) is 4.69. The van der Waals surface area contributed by atoms with Crippen LogP contribution in [0.3, 0.4) is 0 Å². The molecule has 0 atom stereocenters. The van der Waals surface area contributed by atoms with E-state index in [-0.39, 0.29) is 5.75 Å². The zero-order chi connectivity index (χ0) is 18.2. The van der Waals surface area contributed by atoms with E-state index >= 15 is 0 Å². The largest absolute Gasteiger partial charge is 0.493 e. The fraction of sp³-hybridized carbons (Fsp3) is 0.176. The van der Waals surface area contributed by atoms with Crippen LogP contribution < -0.4 is 19.6 Å². The van der Waals surface area contributed by atoms with Crippen LogP contribution in [0.1, 0.15) is 15.9 Å². The number of amides is 1. The number of methoxy groups -OCH3 is 2. The number of ether oxygens (including phenoxy) is 3. The Kier molecular flexibility index (Phi) is 6.27. The van der Waals surface area contributed by atoms with E-state index < -0.39 is 12.5 Å². The normalized spacial score (nSPS) is 10.8. The van der Waals surface area contributed by atoms with E-state index in [1.165, 1.54) is 38.6 Å². The highest BCUT2D eigenvalue weighted by molar-refractivity contribution is 5.95. The molecule has 0 radical (unpaired) electrons. The van der Waals surface area contributed by atoms with Gasteiger partial charge in [-0.05, 0) is 30.3 Å². The van der Waals surface area contributed by atoms with Crippen LogP contribution in [0.4, 0.5) is 8.78 Å². The molecule has 2 rings (SSSR count). The average Bonchev–Trinajstić information content (AvgIpc) is 2.62. The van der Waals surface area contributed by atoms with Gasteiger partial charge in [0, 0.05) is 11.1 Å². The number of carbonyl (C=O) groups excluding carboxylic acids is 1. The Morgan fingerprint density at radius 3 is 2.48 bits per heavy atom. The third kappa shape index (κ3) is 4.90. The van der Waals surface area contributed by atoms with E-state index in [0.29, 0.717) is 22.6 Å². The number of hydrazone groups is 1. The van der Waals surface area contributed by atoms with Crippen LogP contribution in [0.2, 0.25) is 0 Å². The molecule has 6 nitrogen and oxygen atoms in total. The van der Waals surface area contributed by atoms with E-state index in [0.717, 1.165) is 0 Å². The Hall–Kier alpha value is -3.16. The van der Waals surface area contributed by atoms with Crippen LogP contribution in [0.5, 0.6) is 17.2 Å². The lowest BCUT2D eigenvalue weighted by Crippen LogP contribution is -2.17. The number of rotatable bonds is 7. The molecule has 0 aliphatic heterocycles. The Morgan fingerprint density at radius 2 is 1.80 bits per heavy atom. The summed E-state index contributed by atoms with van der Waals surface area (Å²) in [4.78, 5) is 12.1. The Bertz CT molecular complexity index is 766. The minimum absolute atomic E-state index is 0.0402. The van der Waals surface area contributed by atoms with Crippen molar-refractivity contribution in [3.8, 4) is 17.2 Å². The van der Waals surface area contributed by atoms with Gasteiger partial charge >= 0.3 is 6.61 Å². The molecule has 0 saturated heterocycles. The molecule has 25 heavy (non-hydrogen) atoms. The summed E-state index contributed by atoms with van der Waals surface area (Å²) >= 11 is 0. The molecule has 2 aromatic rings. The molecule has 0 fully saturated rings. The lowest BCUT2D eigenvalue weighted by molar-refractivity contribution is -0.0499. The molecule has 0 unspecified atom stereocenters. The third-order valence-corrected chi connectivity index (χ3v) is 3.15. The molecule has 0 heterocycles. The molecule has 0 saturated carbocycles. The Balaban J connectivity index is 2.09. The number of hydrogen-bond acceptors (Lipinski definition) is 5. The van der Waals surface area contributed by atoms with Gasteiger partial charge in [-0.1, -0.05) is 12.1 Å². The van der Waals surface area contributed by atoms with Gasteiger partial charge in [0.1, 0.15) is 5.75 Å². The predicted molar refractivity (Wildman–Crippen MR) is 87.7 cm³/mol. The van der Waals surface area contributed by atoms with Crippen molar-refractivity contribution in [3.05, 3.63) is 53.6 Å². The van der Waals surface area contributed by atoms with E-state index in [1.807, 2.05) is 0 Å². The zero-order valence-electron chi connectivity index (χ0n) is 13.5. The van der Waals surface area contributed by atoms with Gasteiger partial charge in [-0.25, -0.2) is 5.43 Å². The van der Waals surface area contributed by atoms with Gasteiger partial charge in [-0.15, -0.1) is 0 Å². The summed E-state index contributed by atoms with van der Waals surface area (Å²) in [6.45, 7) is -2.95. The maximum atomic E-state index is 12.3. The topological polar surface area (TPSA) is 69.2 Å². The predicted octanol–water partition coefficient (Wildman–Crippen LogP) is 3.07. The number of nitrogens with one attached hydrogen (secondary N) is 1. The van der Waals surface area contributed by atoms with Crippen LogP contribution in [-0.4, -0.2) is 33.0 Å².